The van der Waals surface area contributed by atoms with Crippen molar-refractivity contribution >= 4 is 17.8 Å². The zero-order valence-corrected chi connectivity index (χ0v) is 8.01. The number of esters is 1. The van der Waals surface area contributed by atoms with Gasteiger partial charge >= 0.3 is 5.97 Å². The first kappa shape index (κ1) is 9.39. The summed E-state index contributed by atoms with van der Waals surface area (Å²) in [5.74, 6) is -0.435. The largest absolute Gasteiger partial charge is 0.465 e. The Hall–Kier alpha value is -2.17. The van der Waals surface area contributed by atoms with Gasteiger partial charge in [0.1, 0.15) is 0 Å². The summed E-state index contributed by atoms with van der Waals surface area (Å²) in [5, 5.41) is 3.95. The van der Waals surface area contributed by atoms with E-state index in [1.165, 1.54) is 17.8 Å². The minimum absolute atomic E-state index is 0.397. The molecule has 0 spiro atoms. The molecule has 5 heteroatoms. The van der Waals surface area contributed by atoms with Crippen LogP contribution in [0.3, 0.4) is 0 Å². The van der Waals surface area contributed by atoms with Gasteiger partial charge in [0.2, 0.25) is 0 Å². The number of fused-ring (bicyclic) bond motifs is 1. The molecule has 0 saturated carbocycles. The first-order valence-electron chi connectivity index (χ1n) is 4.27. The van der Waals surface area contributed by atoms with Gasteiger partial charge in [-0.1, -0.05) is 0 Å². The van der Waals surface area contributed by atoms with Crippen LogP contribution in [0.4, 0.5) is 0 Å². The summed E-state index contributed by atoms with van der Waals surface area (Å²) >= 11 is 0. The Morgan fingerprint density at radius 3 is 3.07 bits per heavy atom. The molecule has 0 aromatic carbocycles. The first-order chi connectivity index (χ1) is 7.26. The summed E-state index contributed by atoms with van der Waals surface area (Å²) in [7, 11) is 1.31. The number of rotatable bonds is 2. The van der Waals surface area contributed by atoms with Crippen LogP contribution in [-0.4, -0.2) is 29.0 Å². The minimum Gasteiger partial charge on any atom is -0.465 e. The summed E-state index contributed by atoms with van der Waals surface area (Å²) in [5.41, 5.74) is 1.43. The second-order valence-corrected chi connectivity index (χ2v) is 2.95. The molecule has 2 aromatic rings. The van der Waals surface area contributed by atoms with E-state index in [1.807, 2.05) is 0 Å². The van der Waals surface area contributed by atoms with Gasteiger partial charge in [-0.3, -0.25) is 4.79 Å². The molecule has 0 aliphatic heterocycles. The van der Waals surface area contributed by atoms with E-state index in [0.29, 0.717) is 22.9 Å². The Morgan fingerprint density at radius 2 is 2.40 bits per heavy atom. The Labute approximate surface area is 85.3 Å². The predicted molar refractivity (Wildman–Crippen MR) is 51.9 cm³/mol. The Balaban J connectivity index is 2.62. The van der Waals surface area contributed by atoms with Crippen molar-refractivity contribution in [3.8, 4) is 0 Å². The maximum absolute atomic E-state index is 11.2. The highest BCUT2D eigenvalue weighted by Crippen LogP contribution is 2.11. The fourth-order valence-electron chi connectivity index (χ4n) is 1.34. The third-order valence-electron chi connectivity index (χ3n) is 2.10. The van der Waals surface area contributed by atoms with Crippen LogP contribution >= 0.6 is 0 Å². The molecule has 2 rings (SSSR count). The molecule has 0 radical (unpaired) electrons. The van der Waals surface area contributed by atoms with Crippen molar-refractivity contribution in [1.82, 2.24) is 9.61 Å². The average Bonchev–Trinajstić information content (AvgIpc) is 2.69. The van der Waals surface area contributed by atoms with Crippen LogP contribution in [0, 0.1) is 0 Å². The SMILES string of the molecule is COC(=O)c1ccn2ncc(C=O)c2c1. The molecule has 2 heterocycles. The maximum Gasteiger partial charge on any atom is 0.337 e. The highest BCUT2D eigenvalue weighted by molar-refractivity contribution is 5.93. The van der Waals surface area contributed by atoms with Gasteiger partial charge in [-0.2, -0.15) is 5.10 Å². The number of hydrogen-bond acceptors (Lipinski definition) is 4. The molecule has 0 saturated heterocycles. The normalized spacial score (nSPS) is 10.2. The topological polar surface area (TPSA) is 60.7 Å². The molecule has 5 nitrogen and oxygen atoms in total. The number of aldehydes is 1. The van der Waals surface area contributed by atoms with Crippen LogP contribution in [-0.2, 0) is 4.74 Å². The molecule has 15 heavy (non-hydrogen) atoms. The van der Waals surface area contributed by atoms with Crippen LogP contribution in [0.5, 0.6) is 0 Å². The van der Waals surface area contributed by atoms with Crippen molar-refractivity contribution in [2.45, 2.75) is 0 Å². The van der Waals surface area contributed by atoms with Gasteiger partial charge in [-0.15, -0.1) is 0 Å². The van der Waals surface area contributed by atoms with E-state index in [1.54, 1.807) is 18.3 Å². The van der Waals surface area contributed by atoms with Gasteiger partial charge in [0.25, 0.3) is 0 Å². The molecule has 0 aliphatic carbocycles. The van der Waals surface area contributed by atoms with Crippen molar-refractivity contribution in [1.29, 1.82) is 0 Å². The molecule has 0 aliphatic rings. The average molecular weight is 204 g/mol. The number of carbonyl (C=O) groups excluding carboxylic acids is 2. The van der Waals surface area contributed by atoms with Gasteiger partial charge in [-0.05, 0) is 12.1 Å². The molecule has 0 unspecified atom stereocenters. The van der Waals surface area contributed by atoms with Crippen LogP contribution < -0.4 is 0 Å². The molecule has 2 aromatic heterocycles. The van der Waals surface area contributed by atoms with E-state index in [9.17, 15) is 9.59 Å². The molecule has 0 atom stereocenters. The highest BCUT2D eigenvalue weighted by atomic mass is 16.5. The lowest BCUT2D eigenvalue weighted by Crippen LogP contribution is -2.02. The maximum atomic E-state index is 11.2. The van der Waals surface area contributed by atoms with Gasteiger partial charge in [0, 0.05) is 6.20 Å². The number of carbonyl (C=O) groups is 2. The number of ether oxygens (including phenoxy) is 1. The lowest BCUT2D eigenvalue weighted by Gasteiger charge is -1.99. The van der Waals surface area contributed by atoms with Gasteiger partial charge in [-0.25, -0.2) is 9.31 Å². The second kappa shape index (κ2) is 3.53. The standard InChI is InChI=1S/C10H8N2O3/c1-15-10(14)7-2-3-12-9(4-7)8(6-13)5-11-12/h2-6H,1H3. The molecule has 0 N–H and O–H groups in total. The predicted octanol–water partition coefficient (Wildman–Crippen LogP) is 0.933. The number of nitrogens with zero attached hydrogens (tertiary/aromatic N) is 2. The lowest BCUT2D eigenvalue weighted by molar-refractivity contribution is 0.0600. The van der Waals surface area contributed by atoms with Crippen molar-refractivity contribution < 1.29 is 14.3 Å². The third kappa shape index (κ3) is 1.48. The van der Waals surface area contributed by atoms with Crippen molar-refractivity contribution in [2.75, 3.05) is 7.11 Å². The Bertz CT molecular complexity index is 530. The summed E-state index contributed by atoms with van der Waals surface area (Å²) in [6, 6.07) is 3.16. The van der Waals surface area contributed by atoms with Crippen molar-refractivity contribution in [2.24, 2.45) is 0 Å². The van der Waals surface area contributed by atoms with Crippen LogP contribution in [0.25, 0.3) is 5.52 Å². The van der Waals surface area contributed by atoms with Gasteiger partial charge in [0.15, 0.2) is 6.29 Å². The number of aromatic nitrogens is 2. The quantitative estimate of drug-likeness (QED) is 0.539. The molecule has 0 amide bonds. The van der Waals surface area contributed by atoms with Crippen molar-refractivity contribution in [3.63, 3.8) is 0 Å². The summed E-state index contributed by atoms with van der Waals surface area (Å²) in [6.07, 6.45) is 3.75. The highest BCUT2D eigenvalue weighted by Gasteiger charge is 2.08. The van der Waals surface area contributed by atoms with Crippen LogP contribution in [0.2, 0.25) is 0 Å². The smallest absolute Gasteiger partial charge is 0.337 e. The van der Waals surface area contributed by atoms with E-state index in [2.05, 4.69) is 9.84 Å². The van der Waals surface area contributed by atoms with E-state index in [0.717, 1.165) is 0 Å². The zero-order chi connectivity index (χ0) is 10.8. The van der Waals surface area contributed by atoms with Gasteiger partial charge in [0.05, 0.1) is 30.0 Å². The molecular weight excluding hydrogens is 196 g/mol. The summed E-state index contributed by atoms with van der Waals surface area (Å²) in [4.78, 5) is 21.9. The van der Waals surface area contributed by atoms with E-state index < -0.39 is 5.97 Å². The minimum atomic E-state index is -0.435. The van der Waals surface area contributed by atoms with Crippen LogP contribution in [0.1, 0.15) is 20.7 Å². The summed E-state index contributed by atoms with van der Waals surface area (Å²) < 4.78 is 6.10. The first-order valence-corrected chi connectivity index (χ1v) is 4.27. The van der Waals surface area contributed by atoms with E-state index >= 15 is 0 Å². The number of methoxy groups -OCH3 is 1. The van der Waals surface area contributed by atoms with E-state index in [4.69, 9.17) is 0 Å². The second-order valence-electron chi connectivity index (χ2n) is 2.95. The van der Waals surface area contributed by atoms with Crippen LogP contribution in [0.15, 0.2) is 24.5 Å². The van der Waals surface area contributed by atoms with Crippen molar-refractivity contribution in [3.05, 3.63) is 35.7 Å². The zero-order valence-electron chi connectivity index (χ0n) is 8.01. The number of pyridine rings is 1. The lowest BCUT2D eigenvalue weighted by atomic mass is 10.2. The summed E-state index contributed by atoms with van der Waals surface area (Å²) in [6.45, 7) is 0. The van der Waals surface area contributed by atoms with E-state index in [-0.39, 0.29) is 0 Å². The third-order valence-corrected chi connectivity index (χ3v) is 2.10. The molecule has 0 fully saturated rings. The molecule has 0 bridgehead atoms. The molecular formula is C10H8N2O3. The Morgan fingerprint density at radius 1 is 1.60 bits per heavy atom. The van der Waals surface area contributed by atoms with Gasteiger partial charge < -0.3 is 4.74 Å². The Kier molecular flexibility index (Phi) is 2.21. The number of hydrogen-bond donors (Lipinski definition) is 0. The fraction of sp³-hybridized carbons (Fsp3) is 0.100. The molecule has 76 valence electrons. The fourth-order valence-corrected chi connectivity index (χ4v) is 1.34. The monoisotopic (exact) mass is 204 g/mol.